The van der Waals surface area contributed by atoms with Crippen molar-refractivity contribution in [3.05, 3.63) is 12.2 Å². The highest BCUT2D eigenvalue weighted by Crippen LogP contribution is 1.81. The van der Waals surface area contributed by atoms with Crippen molar-refractivity contribution in [3.8, 4) is 0 Å². The molecule has 0 aliphatic heterocycles. The maximum absolute atomic E-state index is 10.4. The van der Waals surface area contributed by atoms with Crippen molar-refractivity contribution in [2.24, 2.45) is 5.73 Å². The standard InChI is InChI=1S/C6H9NO2/c1-2-5(8)3-4-6(7)9/h3-4H,2H2,1H3,(H2,7,9)/b4-3+. The molecule has 0 aromatic carbocycles. The van der Waals surface area contributed by atoms with Crippen LogP contribution in [-0.4, -0.2) is 11.7 Å². The first-order valence-electron chi connectivity index (χ1n) is 2.67. The third kappa shape index (κ3) is 4.74. The average Bonchev–Trinajstić information content (AvgIpc) is 1.83. The number of ketones is 1. The number of hydrogen-bond acceptors (Lipinski definition) is 2. The van der Waals surface area contributed by atoms with Crippen LogP contribution in [0.5, 0.6) is 0 Å². The minimum atomic E-state index is -0.586. The van der Waals surface area contributed by atoms with E-state index in [0.29, 0.717) is 6.42 Å². The first-order valence-corrected chi connectivity index (χ1v) is 2.67. The third-order valence-electron chi connectivity index (χ3n) is 0.782. The van der Waals surface area contributed by atoms with Crippen LogP contribution in [0, 0.1) is 0 Å². The van der Waals surface area contributed by atoms with Crippen molar-refractivity contribution in [2.75, 3.05) is 0 Å². The maximum atomic E-state index is 10.4. The van der Waals surface area contributed by atoms with Gasteiger partial charge in [-0.15, -0.1) is 0 Å². The van der Waals surface area contributed by atoms with Gasteiger partial charge in [-0.2, -0.15) is 0 Å². The predicted octanol–water partition coefficient (Wildman–Crippen LogP) is 0.00700. The van der Waals surface area contributed by atoms with E-state index in [4.69, 9.17) is 5.73 Å². The average molecular weight is 127 g/mol. The molecule has 0 aromatic rings. The third-order valence-corrected chi connectivity index (χ3v) is 0.782. The van der Waals surface area contributed by atoms with Crippen molar-refractivity contribution >= 4 is 11.7 Å². The Morgan fingerprint density at radius 1 is 1.44 bits per heavy atom. The summed E-state index contributed by atoms with van der Waals surface area (Å²) < 4.78 is 0. The summed E-state index contributed by atoms with van der Waals surface area (Å²) in [6.45, 7) is 1.72. The van der Waals surface area contributed by atoms with Gasteiger partial charge in [-0.3, -0.25) is 9.59 Å². The smallest absolute Gasteiger partial charge is 0.241 e. The molecule has 0 bridgehead atoms. The summed E-state index contributed by atoms with van der Waals surface area (Å²) in [4.78, 5) is 20.4. The Kier molecular flexibility index (Phi) is 3.35. The molecule has 50 valence electrons. The van der Waals surface area contributed by atoms with Gasteiger partial charge < -0.3 is 5.73 Å². The van der Waals surface area contributed by atoms with E-state index in [0.717, 1.165) is 6.08 Å². The lowest BCUT2D eigenvalue weighted by atomic mass is 10.3. The summed E-state index contributed by atoms with van der Waals surface area (Å²) in [5, 5.41) is 0. The van der Waals surface area contributed by atoms with Gasteiger partial charge in [0, 0.05) is 12.5 Å². The van der Waals surface area contributed by atoms with Crippen LogP contribution in [-0.2, 0) is 9.59 Å². The molecule has 3 nitrogen and oxygen atoms in total. The topological polar surface area (TPSA) is 60.2 Å². The molecular weight excluding hydrogens is 118 g/mol. The summed E-state index contributed by atoms with van der Waals surface area (Å²) in [5.74, 6) is -0.675. The Balaban J connectivity index is 3.71. The van der Waals surface area contributed by atoms with Crippen LogP contribution < -0.4 is 5.73 Å². The van der Waals surface area contributed by atoms with E-state index in [1.165, 1.54) is 6.08 Å². The molecule has 9 heavy (non-hydrogen) atoms. The predicted molar refractivity (Wildman–Crippen MR) is 33.6 cm³/mol. The fourth-order valence-electron chi connectivity index (χ4n) is 0.293. The van der Waals surface area contributed by atoms with E-state index in [1.54, 1.807) is 6.92 Å². The van der Waals surface area contributed by atoms with Gasteiger partial charge in [-0.25, -0.2) is 0 Å². The van der Waals surface area contributed by atoms with Crippen LogP contribution in [0.1, 0.15) is 13.3 Å². The van der Waals surface area contributed by atoms with Crippen LogP contribution in [0.4, 0.5) is 0 Å². The highest BCUT2D eigenvalue weighted by atomic mass is 16.1. The number of nitrogens with two attached hydrogens (primary N) is 1. The van der Waals surface area contributed by atoms with Crippen molar-refractivity contribution in [1.82, 2.24) is 0 Å². The second-order valence-electron chi connectivity index (χ2n) is 1.56. The molecule has 1 amide bonds. The van der Waals surface area contributed by atoms with E-state index in [9.17, 15) is 9.59 Å². The molecule has 0 aliphatic rings. The van der Waals surface area contributed by atoms with E-state index in [1.807, 2.05) is 0 Å². The number of allylic oxidation sites excluding steroid dienone is 1. The second-order valence-corrected chi connectivity index (χ2v) is 1.56. The minimum absolute atomic E-state index is 0.0891. The molecule has 0 spiro atoms. The summed E-state index contributed by atoms with van der Waals surface area (Å²) in [7, 11) is 0. The number of primary amides is 1. The molecule has 0 aromatic heterocycles. The zero-order valence-electron chi connectivity index (χ0n) is 5.26. The molecular formula is C6H9NO2. The monoisotopic (exact) mass is 127 g/mol. The van der Waals surface area contributed by atoms with Gasteiger partial charge in [0.05, 0.1) is 0 Å². The second kappa shape index (κ2) is 3.83. The van der Waals surface area contributed by atoms with Gasteiger partial charge in [0.1, 0.15) is 0 Å². The molecule has 0 atom stereocenters. The van der Waals surface area contributed by atoms with Crippen LogP contribution in [0.3, 0.4) is 0 Å². The summed E-state index contributed by atoms with van der Waals surface area (Å²) in [5.41, 5.74) is 4.72. The molecule has 0 saturated carbocycles. The summed E-state index contributed by atoms with van der Waals surface area (Å²) in [6, 6.07) is 0. The SMILES string of the molecule is CCC(=O)/C=C/C(N)=O. The molecule has 3 heteroatoms. The molecule has 0 rings (SSSR count). The van der Waals surface area contributed by atoms with E-state index >= 15 is 0 Å². The van der Waals surface area contributed by atoms with Crippen LogP contribution in [0.25, 0.3) is 0 Å². The minimum Gasteiger partial charge on any atom is -0.366 e. The maximum Gasteiger partial charge on any atom is 0.241 e. The Hall–Kier alpha value is -1.12. The zero-order chi connectivity index (χ0) is 7.28. The lowest BCUT2D eigenvalue weighted by Gasteiger charge is -1.81. The Labute approximate surface area is 53.5 Å². The first-order chi connectivity index (χ1) is 4.16. The van der Waals surface area contributed by atoms with Gasteiger partial charge >= 0.3 is 0 Å². The molecule has 0 unspecified atom stereocenters. The molecule has 0 fully saturated rings. The van der Waals surface area contributed by atoms with Crippen molar-refractivity contribution in [3.63, 3.8) is 0 Å². The normalized spacial score (nSPS) is 9.89. The van der Waals surface area contributed by atoms with Crippen LogP contribution >= 0.6 is 0 Å². The summed E-state index contributed by atoms with van der Waals surface area (Å²) >= 11 is 0. The number of hydrogen-bond donors (Lipinski definition) is 1. The fraction of sp³-hybridized carbons (Fsp3) is 0.333. The first kappa shape index (κ1) is 7.88. The summed E-state index contributed by atoms with van der Waals surface area (Å²) in [6.07, 6.45) is 2.65. The lowest BCUT2D eigenvalue weighted by Crippen LogP contribution is -2.06. The van der Waals surface area contributed by atoms with E-state index < -0.39 is 5.91 Å². The van der Waals surface area contributed by atoms with Gasteiger partial charge in [0.25, 0.3) is 0 Å². The highest BCUT2D eigenvalue weighted by Gasteiger charge is 1.89. The molecule has 2 N–H and O–H groups in total. The lowest BCUT2D eigenvalue weighted by molar-refractivity contribution is -0.116. The van der Waals surface area contributed by atoms with Crippen LogP contribution in [0.15, 0.2) is 12.2 Å². The molecule has 0 saturated heterocycles. The van der Waals surface area contributed by atoms with Crippen molar-refractivity contribution < 1.29 is 9.59 Å². The molecule has 0 aliphatic carbocycles. The number of amides is 1. The number of carbonyl (C=O) groups excluding carboxylic acids is 2. The Bertz CT molecular complexity index is 149. The van der Waals surface area contributed by atoms with Crippen molar-refractivity contribution in [2.45, 2.75) is 13.3 Å². The number of carbonyl (C=O) groups is 2. The quantitative estimate of drug-likeness (QED) is 0.543. The molecule has 0 radical (unpaired) electrons. The molecule has 0 heterocycles. The van der Waals surface area contributed by atoms with E-state index in [2.05, 4.69) is 0 Å². The fourth-order valence-corrected chi connectivity index (χ4v) is 0.293. The van der Waals surface area contributed by atoms with Gasteiger partial charge in [-0.05, 0) is 6.08 Å². The van der Waals surface area contributed by atoms with Crippen LogP contribution in [0.2, 0.25) is 0 Å². The van der Waals surface area contributed by atoms with E-state index in [-0.39, 0.29) is 5.78 Å². The van der Waals surface area contributed by atoms with Gasteiger partial charge in [0.2, 0.25) is 5.91 Å². The largest absolute Gasteiger partial charge is 0.366 e. The Morgan fingerprint density at radius 3 is 2.33 bits per heavy atom. The Morgan fingerprint density at radius 2 is 2.00 bits per heavy atom. The van der Waals surface area contributed by atoms with Gasteiger partial charge in [-0.1, -0.05) is 6.92 Å². The number of rotatable bonds is 3. The van der Waals surface area contributed by atoms with Gasteiger partial charge in [0.15, 0.2) is 5.78 Å². The van der Waals surface area contributed by atoms with Crippen molar-refractivity contribution in [1.29, 1.82) is 0 Å². The highest BCUT2D eigenvalue weighted by molar-refractivity contribution is 5.96. The zero-order valence-corrected chi connectivity index (χ0v) is 5.26.